The second-order valence-corrected chi connectivity index (χ2v) is 11.7. The van der Waals surface area contributed by atoms with Crippen molar-refractivity contribution in [3.05, 3.63) is 12.2 Å². The van der Waals surface area contributed by atoms with Crippen LogP contribution in [-0.4, -0.2) is 90.1 Å². The van der Waals surface area contributed by atoms with Crippen LogP contribution in [0.15, 0.2) is 37.1 Å². The number of nitrogens with two attached hydrogens (primary N) is 1. The molecule has 10 heteroatoms. The Kier molecular flexibility index (Phi) is 11.5. The van der Waals surface area contributed by atoms with Crippen molar-refractivity contribution < 1.29 is 9.84 Å². The Morgan fingerprint density at radius 2 is 2.00 bits per heavy atom. The third-order valence-electron chi connectivity index (χ3n) is 7.94. The molecule has 3 aliphatic rings. The summed E-state index contributed by atoms with van der Waals surface area (Å²) in [5.41, 5.74) is 6.52. The van der Waals surface area contributed by atoms with E-state index in [1.54, 1.807) is 13.3 Å². The third-order valence-corrected chi connectivity index (χ3v) is 8.15. The van der Waals surface area contributed by atoms with E-state index in [2.05, 4.69) is 40.3 Å². The number of rotatable bonds is 11. The second-order valence-electron chi connectivity index (χ2n) is 11.0. The van der Waals surface area contributed by atoms with Gasteiger partial charge in [-0.3, -0.25) is 9.98 Å². The largest absolute Gasteiger partial charge is 0.381 e. The number of halogens is 1. The molecular formula is C28H46ClN7O2. The van der Waals surface area contributed by atoms with Crippen LogP contribution in [0.1, 0.15) is 72.1 Å². The Bertz CT molecular complexity index is 955. The van der Waals surface area contributed by atoms with Gasteiger partial charge in [0.15, 0.2) is 17.5 Å². The number of ether oxygens (including phenoxy) is 1. The van der Waals surface area contributed by atoms with Gasteiger partial charge in [0.2, 0.25) is 0 Å². The molecule has 1 heterocycles. The maximum absolute atomic E-state index is 9.35. The van der Waals surface area contributed by atoms with Crippen molar-refractivity contribution in [3.63, 3.8) is 0 Å². The van der Waals surface area contributed by atoms with E-state index in [-0.39, 0.29) is 35.2 Å². The molecule has 2 fully saturated rings. The maximum Gasteiger partial charge on any atom is 0.192 e. The molecule has 212 valence electrons. The van der Waals surface area contributed by atoms with Crippen LogP contribution in [-0.2, 0) is 4.74 Å². The Morgan fingerprint density at radius 1 is 1.29 bits per heavy atom. The predicted octanol–water partition coefficient (Wildman–Crippen LogP) is 4.23. The van der Waals surface area contributed by atoms with Gasteiger partial charge in [-0.25, -0.2) is 15.0 Å². The summed E-state index contributed by atoms with van der Waals surface area (Å²) >= 11 is 5.98. The Hall–Kier alpha value is -2.10. The van der Waals surface area contributed by atoms with Gasteiger partial charge in [-0.1, -0.05) is 26.3 Å². The van der Waals surface area contributed by atoms with E-state index < -0.39 is 6.73 Å². The second kappa shape index (κ2) is 14.3. The molecule has 0 aromatic heterocycles. The summed E-state index contributed by atoms with van der Waals surface area (Å²) in [4.78, 5) is 25.1. The average Bonchev–Trinajstić information content (AvgIpc) is 3.15. The number of hydrogen-bond donors (Lipinski definition) is 2. The molecule has 38 heavy (non-hydrogen) atoms. The van der Waals surface area contributed by atoms with E-state index >= 15 is 0 Å². The molecule has 0 radical (unpaired) electrons. The molecule has 2 atom stereocenters. The van der Waals surface area contributed by atoms with Gasteiger partial charge in [-0.05, 0) is 69.8 Å². The van der Waals surface area contributed by atoms with Gasteiger partial charge in [0.25, 0.3) is 0 Å². The van der Waals surface area contributed by atoms with Crippen molar-refractivity contribution in [1.29, 1.82) is 0 Å². The minimum absolute atomic E-state index is 0.0496. The highest BCUT2D eigenvalue weighted by Gasteiger charge is 2.49. The number of nitrogens with zero attached hydrogens (tertiary/aromatic N) is 6. The molecule has 2 aliphatic carbocycles. The summed E-state index contributed by atoms with van der Waals surface area (Å²) in [7, 11) is 1.78. The molecule has 0 aromatic carbocycles. The van der Waals surface area contributed by atoms with E-state index in [0.717, 1.165) is 44.0 Å². The zero-order chi connectivity index (χ0) is 27.7. The molecule has 2 unspecified atom stereocenters. The van der Waals surface area contributed by atoms with Crippen LogP contribution in [0.4, 0.5) is 0 Å². The number of amidine groups is 4. The molecule has 0 bridgehead atoms. The number of alkyl halides is 1. The third kappa shape index (κ3) is 7.96. The highest BCUT2D eigenvalue weighted by molar-refractivity contribution is 6.42. The highest BCUT2D eigenvalue weighted by atomic mass is 35.5. The first-order valence-electron chi connectivity index (χ1n) is 14.0. The Labute approximate surface area is 233 Å². The minimum Gasteiger partial charge on any atom is -0.381 e. The molecule has 2 saturated carbocycles. The molecule has 0 amide bonds. The maximum atomic E-state index is 9.35. The van der Waals surface area contributed by atoms with E-state index in [9.17, 15) is 5.11 Å². The molecule has 0 saturated heterocycles. The molecule has 3 N–H and O–H groups in total. The van der Waals surface area contributed by atoms with Crippen LogP contribution < -0.4 is 5.73 Å². The number of methoxy groups -OCH3 is 1. The van der Waals surface area contributed by atoms with Gasteiger partial charge in [0.1, 0.15) is 18.2 Å². The molecule has 9 nitrogen and oxygen atoms in total. The summed E-state index contributed by atoms with van der Waals surface area (Å²) < 4.78 is 6.05. The summed E-state index contributed by atoms with van der Waals surface area (Å²) in [6, 6.07) is -0.0496. The van der Waals surface area contributed by atoms with Crippen LogP contribution in [0, 0.1) is 11.8 Å². The first kappa shape index (κ1) is 30.4. The van der Waals surface area contributed by atoms with E-state index in [1.165, 1.54) is 25.7 Å². The van der Waals surface area contributed by atoms with Crippen molar-refractivity contribution in [1.82, 2.24) is 4.90 Å². The Morgan fingerprint density at radius 3 is 2.58 bits per heavy atom. The number of aliphatic hydroxyl groups is 1. The molecule has 0 spiro atoms. The summed E-state index contributed by atoms with van der Waals surface area (Å²) in [5.74, 6) is 3.35. The van der Waals surface area contributed by atoms with Gasteiger partial charge in [0.05, 0.1) is 12.6 Å². The van der Waals surface area contributed by atoms with Gasteiger partial charge in [0, 0.05) is 31.8 Å². The van der Waals surface area contributed by atoms with Crippen molar-refractivity contribution in [3.8, 4) is 0 Å². The summed E-state index contributed by atoms with van der Waals surface area (Å²) in [6.07, 6.45) is 10.6. The van der Waals surface area contributed by atoms with Gasteiger partial charge >= 0.3 is 0 Å². The fourth-order valence-electron chi connectivity index (χ4n) is 5.21. The van der Waals surface area contributed by atoms with Gasteiger partial charge < -0.3 is 20.5 Å². The Balaban J connectivity index is 1.85. The lowest BCUT2D eigenvalue weighted by molar-refractivity contribution is -0.0223. The van der Waals surface area contributed by atoms with Gasteiger partial charge in [-0.15, -0.1) is 11.6 Å². The van der Waals surface area contributed by atoms with E-state index in [4.69, 9.17) is 32.1 Å². The van der Waals surface area contributed by atoms with Gasteiger partial charge in [-0.2, -0.15) is 0 Å². The summed E-state index contributed by atoms with van der Waals surface area (Å²) in [5, 5.41) is 9.43. The number of hydrogen-bond acceptors (Lipinski definition) is 6. The standard InChI is InChI=1S/C28H46ClN7O2/c1-19-7-9-23(10-8-19)17-36-22(4)25(35-27(36)28(38-5)12-6-13-28)34-26(24(30)33-18-37)32-16-20(2)15-31-14-11-21(3)29/h15,19,21-23,37H,2,6-14,16-18H2,1,3-5H3,(H2,30,33). The van der Waals surface area contributed by atoms with Crippen LogP contribution in [0.2, 0.25) is 0 Å². The van der Waals surface area contributed by atoms with Crippen LogP contribution in [0.25, 0.3) is 0 Å². The first-order chi connectivity index (χ1) is 18.2. The van der Waals surface area contributed by atoms with E-state index in [0.29, 0.717) is 23.9 Å². The fraction of sp³-hybridized carbons (Fsp3) is 0.750. The van der Waals surface area contributed by atoms with Crippen molar-refractivity contribution in [2.24, 2.45) is 42.5 Å². The average molecular weight is 548 g/mol. The molecule has 3 rings (SSSR count). The highest BCUT2D eigenvalue weighted by Crippen LogP contribution is 2.41. The fourth-order valence-corrected chi connectivity index (χ4v) is 5.31. The monoisotopic (exact) mass is 547 g/mol. The summed E-state index contributed by atoms with van der Waals surface area (Å²) in [6.45, 7) is 11.8. The molecule has 1 aliphatic heterocycles. The normalized spacial score (nSPS) is 28.1. The predicted molar refractivity (Wildman–Crippen MR) is 159 cm³/mol. The number of aliphatic hydroxyl groups excluding tert-OH is 1. The molecular weight excluding hydrogens is 502 g/mol. The van der Waals surface area contributed by atoms with Crippen molar-refractivity contribution in [2.75, 3.05) is 33.5 Å². The lowest BCUT2D eigenvalue weighted by Crippen LogP contribution is -2.55. The smallest absolute Gasteiger partial charge is 0.192 e. The molecule has 0 aromatic rings. The minimum atomic E-state index is -0.447. The lowest BCUT2D eigenvalue weighted by Gasteiger charge is -2.45. The lowest BCUT2D eigenvalue weighted by atomic mass is 9.77. The van der Waals surface area contributed by atoms with Crippen LogP contribution >= 0.6 is 11.6 Å². The van der Waals surface area contributed by atoms with Crippen molar-refractivity contribution >= 4 is 41.2 Å². The zero-order valence-electron chi connectivity index (χ0n) is 23.6. The van der Waals surface area contributed by atoms with Crippen molar-refractivity contribution in [2.45, 2.75) is 89.2 Å². The topological polar surface area (TPSA) is 121 Å². The first-order valence-corrected chi connectivity index (χ1v) is 14.4. The number of aliphatic imine (C=N–C) groups is 5. The van der Waals surface area contributed by atoms with E-state index in [1.807, 2.05) is 6.92 Å². The quantitative estimate of drug-likeness (QED) is 0.228. The van der Waals surface area contributed by atoms with Crippen LogP contribution in [0.3, 0.4) is 0 Å². The zero-order valence-corrected chi connectivity index (χ0v) is 24.3. The van der Waals surface area contributed by atoms with Crippen LogP contribution in [0.5, 0.6) is 0 Å². The SMILES string of the molecule is C=C(C=NCCC(C)Cl)CN=C(N=C1N=C(C2(OC)CCC2)N(CC2CCC(C)CC2)C1C)C(N)=NCO.